The van der Waals surface area contributed by atoms with E-state index >= 15 is 0 Å². The van der Waals surface area contributed by atoms with Crippen molar-refractivity contribution in [1.29, 1.82) is 0 Å². The van der Waals surface area contributed by atoms with Crippen LogP contribution in [0.3, 0.4) is 0 Å². The second-order valence-electron chi connectivity index (χ2n) is 6.96. The Morgan fingerprint density at radius 1 is 1.09 bits per heavy atom. The summed E-state index contributed by atoms with van der Waals surface area (Å²) in [5, 5.41) is 6.83. The second kappa shape index (κ2) is 9.95. The van der Waals surface area contributed by atoms with Crippen molar-refractivity contribution >= 4 is 29.1 Å². The Bertz CT molecular complexity index is 1080. The third-order valence-corrected chi connectivity index (χ3v) is 4.74. The highest BCUT2D eigenvalue weighted by Crippen LogP contribution is 2.33. The lowest BCUT2D eigenvalue weighted by Crippen LogP contribution is -2.17. The van der Waals surface area contributed by atoms with Crippen molar-refractivity contribution in [3.8, 4) is 22.8 Å². The van der Waals surface area contributed by atoms with Crippen LogP contribution in [0.15, 0.2) is 48.5 Å². The molecule has 32 heavy (non-hydrogen) atoms. The molecule has 0 radical (unpaired) electrons. The molecular weight excluding hydrogens is 445 g/mol. The van der Waals surface area contributed by atoms with Gasteiger partial charge in [0.25, 0.3) is 0 Å². The van der Waals surface area contributed by atoms with Gasteiger partial charge in [0.15, 0.2) is 0 Å². The quantitative estimate of drug-likeness (QED) is 0.387. The highest BCUT2D eigenvalue weighted by atomic mass is 35.5. The Labute approximate surface area is 188 Å². The topological polar surface area (TPSA) is 68.3 Å². The van der Waals surface area contributed by atoms with Crippen LogP contribution < -0.4 is 20.1 Å². The number of ether oxygens (including phenoxy) is 2. The first-order valence-electron chi connectivity index (χ1n) is 9.79. The fraction of sp³-hybridized carbons (Fsp3) is 0.273. The number of hydrogen-bond acceptors (Lipinski definition) is 6. The Balaban J connectivity index is 2.02. The molecule has 0 bridgehead atoms. The highest BCUT2D eigenvalue weighted by molar-refractivity contribution is 6.31. The van der Waals surface area contributed by atoms with Gasteiger partial charge in [-0.05, 0) is 43.7 Å². The molecular formula is C22H22ClF3N4O2. The van der Waals surface area contributed by atoms with Crippen LogP contribution in [0, 0.1) is 0 Å². The molecule has 2 N–H and O–H groups in total. The predicted molar refractivity (Wildman–Crippen MR) is 119 cm³/mol. The minimum Gasteiger partial charge on any atom is -0.495 e. The van der Waals surface area contributed by atoms with Crippen LogP contribution in [0.2, 0.25) is 5.02 Å². The number of nitrogens with one attached hydrogen (secondary N) is 2. The lowest BCUT2D eigenvalue weighted by molar-refractivity contribution is -0.274. The summed E-state index contributed by atoms with van der Waals surface area (Å²) in [7, 11) is 1.53. The van der Waals surface area contributed by atoms with Crippen LogP contribution in [0.4, 0.5) is 30.6 Å². The zero-order valence-electron chi connectivity index (χ0n) is 17.6. The van der Waals surface area contributed by atoms with Crippen LogP contribution in [0.1, 0.15) is 20.3 Å². The van der Waals surface area contributed by atoms with E-state index in [2.05, 4.69) is 25.3 Å². The summed E-state index contributed by atoms with van der Waals surface area (Å²) in [5.74, 6) is 0.939. The van der Waals surface area contributed by atoms with Crippen molar-refractivity contribution < 1.29 is 22.6 Å². The Morgan fingerprint density at radius 2 is 1.88 bits per heavy atom. The number of aromatic nitrogens is 2. The molecule has 10 heteroatoms. The van der Waals surface area contributed by atoms with E-state index in [0.717, 1.165) is 6.42 Å². The zero-order chi connectivity index (χ0) is 23.3. The fourth-order valence-corrected chi connectivity index (χ4v) is 2.99. The van der Waals surface area contributed by atoms with Gasteiger partial charge in [0.2, 0.25) is 5.95 Å². The van der Waals surface area contributed by atoms with Gasteiger partial charge in [-0.3, -0.25) is 0 Å². The Morgan fingerprint density at radius 3 is 2.56 bits per heavy atom. The van der Waals surface area contributed by atoms with Crippen LogP contribution >= 0.6 is 11.6 Å². The second-order valence-corrected chi connectivity index (χ2v) is 7.40. The molecule has 0 spiro atoms. The summed E-state index contributed by atoms with van der Waals surface area (Å²) in [6.07, 6.45) is -3.96. The molecule has 3 rings (SSSR count). The van der Waals surface area contributed by atoms with Crippen molar-refractivity contribution in [3.63, 3.8) is 0 Å². The maximum atomic E-state index is 12.6. The molecule has 1 atom stereocenters. The Kier molecular flexibility index (Phi) is 7.29. The summed E-state index contributed by atoms with van der Waals surface area (Å²) in [6.45, 7) is 3.98. The van der Waals surface area contributed by atoms with Gasteiger partial charge in [0, 0.05) is 22.7 Å². The number of halogens is 4. The molecule has 6 nitrogen and oxygen atoms in total. The number of hydrogen-bond donors (Lipinski definition) is 2. The number of rotatable bonds is 8. The summed E-state index contributed by atoms with van der Waals surface area (Å²) < 4.78 is 47.3. The van der Waals surface area contributed by atoms with Gasteiger partial charge in [-0.25, -0.2) is 4.98 Å². The normalized spacial score (nSPS) is 12.2. The van der Waals surface area contributed by atoms with Crippen molar-refractivity contribution in [3.05, 3.63) is 53.6 Å². The maximum absolute atomic E-state index is 12.6. The van der Waals surface area contributed by atoms with Crippen LogP contribution in [-0.2, 0) is 0 Å². The third-order valence-electron chi connectivity index (χ3n) is 4.50. The molecule has 170 valence electrons. The van der Waals surface area contributed by atoms with E-state index in [0.29, 0.717) is 39.5 Å². The first-order chi connectivity index (χ1) is 15.2. The van der Waals surface area contributed by atoms with Crippen molar-refractivity contribution in [2.45, 2.75) is 32.7 Å². The minimum absolute atomic E-state index is 0.0821. The van der Waals surface area contributed by atoms with Crippen molar-refractivity contribution in [2.75, 3.05) is 17.7 Å². The van der Waals surface area contributed by atoms with Crippen molar-refractivity contribution in [2.24, 2.45) is 0 Å². The largest absolute Gasteiger partial charge is 0.573 e. The van der Waals surface area contributed by atoms with Gasteiger partial charge in [0.1, 0.15) is 17.3 Å². The zero-order valence-corrected chi connectivity index (χ0v) is 18.4. The average molecular weight is 467 g/mol. The van der Waals surface area contributed by atoms with Crippen LogP contribution in [0.25, 0.3) is 11.3 Å². The first-order valence-corrected chi connectivity index (χ1v) is 10.2. The molecule has 0 aliphatic carbocycles. The fourth-order valence-electron chi connectivity index (χ4n) is 2.81. The van der Waals surface area contributed by atoms with E-state index in [9.17, 15) is 13.2 Å². The summed E-state index contributed by atoms with van der Waals surface area (Å²) >= 11 is 6.11. The van der Waals surface area contributed by atoms with Gasteiger partial charge in [-0.15, -0.1) is 13.2 Å². The van der Waals surface area contributed by atoms with E-state index in [4.69, 9.17) is 16.3 Å². The van der Waals surface area contributed by atoms with Gasteiger partial charge >= 0.3 is 6.36 Å². The molecule has 0 aliphatic heterocycles. The third kappa shape index (κ3) is 6.40. The van der Waals surface area contributed by atoms with Crippen LogP contribution in [-0.4, -0.2) is 29.5 Å². The molecule has 0 fully saturated rings. The molecule has 0 unspecified atom stereocenters. The maximum Gasteiger partial charge on any atom is 0.573 e. The summed E-state index contributed by atoms with van der Waals surface area (Å²) in [4.78, 5) is 8.96. The summed E-state index contributed by atoms with van der Waals surface area (Å²) in [5.41, 5.74) is 1.41. The number of anilines is 3. The minimum atomic E-state index is -4.79. The lowest BCUT2D eigenvalue weighted by atomic mass is 10.1. The van der Waals surface area contributed by atoms with Crippen LogP contribution in [0.5, 0.6) is 11.5 Å². The molecule has 0 saturated carbocycles. The SMILES string of the molecule is CC[C@@H](C)Nc1nc(Nc2cc(Cl)ccc2OC)cc(-c2cccc(OC(F)(F)F)c2)n1. The molecule has 0 saturated heterocycles. The number of alkyl halides is 3. The van der Waals surface area contributed by atoms with E-state index in [1.807, 2.05) is 13.8 Å². The van der Waals surface area contributed by atoms with Gasteiger partial charge in [0.05, 0.1) is 18.5 Å². The first kappa shape index (κ1) is 23.5. The van der Waals surface area contributed by atoms with Gasteiger partial charge in [-0.2, -0.15) is 4.98 Å². The standard InChI is InChI=1S/C22H22ClF3N4O2/c1-4-13(2)27-21-29-17(14-6-5-7-16(10-14)32-22(24,25)26)12-20(30-21)28-18-11-15(23)8-9-19(18)31-3/h5-13H,4H2,1-3H3,(H2,27,28,29,30)/t13-/m1/s1. The molecule has 1 aromatic heterocycles. The summed E-state index contributed by atoms with van der Waals surface area (Å²) in [6, 6.07) is 12.4. The number of nitrogens with zero attached hydrogens (tertiary/aromatic N) is 2. The Hall–Kier alpha value is -3.20. The van der Waals surface area contributed by atoms with E-state index < -0.39 is 6.36 Å². The van der Waals surface area contributed by atoms with Gasteiger partial charge in [-0.1, -0.05) is 30.7 Å². The molecule has 0 aliphatic rings. The smallest absolute Gasteiger partial charge is 0.495 e. The molecule has 0 amide bonds. The van der Waals surface area contributed by atoms with Gasteiger partial charge < -0.3 is 20.1 Å². The number of benzene rings is 2. The number of methoxy groups -OCH3 is 1. The van der Waals surface area contributed by atoms with E-state index in [-0.39, 0.29) is 11.8 Å². The molecule has 3 aromatic rings. The average Bonchev–Trinajstić information content (AvgIpc) is 2.72. The van der Waals surface area contributed by atoms with E-state index in [1.54, 1.807) is 30.3 Å². The molecule has 1 heterocycles. The van der Waals surface area contributed by atoms with E-state index in [1.165, 1.54) is 25.3 Å². The lowest BCUT2D eigenvalue weighted by Gasteiger charge is -2.16. The highest BCUT2D eigenvalue weighted by Gasteiger charge is 2.31. The predicted octanol–water partition coefficient (Wildman–Crippen LogP) is 6.66. The van der Waals surface area contributed by atoms with Crippen molar-refractivity contribution in [1.82, 2.24) is 9.97 Å². The molecule has 2 aromatic carbocycles. The monoisotopic (exact) mass is 466 g/mol.